The number of nitrogens with zero attached hydrogens (tertiary/aromatic N) is 2. The molecule has 23 heavy (non-hydrogen) atoms. The number of fused-ring (bicyclic) bond motifs is 1. The third kappa shape index (κ3) is 2.78. The van der Waals surface area contributed by atoms with Crippen LogP contribution in [0.15, 0.2) is 48.5 Å². The Morgan fingerprint density at radius 3 is 2.57 bits per heavy atom. The van der Waals surface area contributed by atoms with Crippen LogP contribution >= 0.6 is 0 Å². The van der Waals surface area contributed by atoms with Crippen LogP contribution in [0.3, 0.4) is 0 Å². The normalized spacial score (nSPS) is 10.5. The van der Waals surface area contributed by atoms with Gasteiger partial charge in [0.05, 0.1) is 12.7 Å². The maximum atomic E-state index is 12.4. The Bertz CT molecular complexity index is 893. The summed E-state index contributed by atoms with van der Waals surface area (Å²) in [5.74, 6) is -1.03. The van der Waals surface area contributed by atoms with Crippen LogP contribution in [0.1, 0.15) is 20.8 Å². The second-order valence-electron chi connectivity index (χ2n) is 4.90. The van der Waals surface area contributed by atoms with Gasteiger partial charge < -0.3 is 9.47 Å². The van der Waals surface area contributed by atoms with E-state index in [2.05, 4.69) is 9.84 Å². The van der Waals surface area contributed by atoms with E-state index >= 15 is 0 Å². The van der Waals surface area contributed by atoms with E-state index in [0.717, 1.165) is 10.8 Å². The van der Waals surface area contributed by atoms with Crippen LogP contribution in [0.4, 0.5) is 0 Å². The number of hydrogen-bond donors (Lipinski definition) is 0. The molecule has 0 unspecified atom stereocenters. The summed E-state index contributed by atoms with van der Waals surface area (Å²) in [6.45, 7) is 0. The van der Waals surface area contributed by atoms with E-state index in [4.69, 9.17) is 4.74 Å². The summed E-state index contributed by atoms with van der Waals surface area (Å²) in [6, 6.07) is 14.3. The minimum Gasteiger partial charge on any atom is -0.464 e. The Kier molecular flexibility index (Phi) is 3.80. The number of methoxy groups -OCH3 is 1. The molecule has 0 N–H and O–H groups in total. The van der Waals surface area contributed by atoms with Gasteiger partial charge in [-0.05, 0) is 16.8 Å². The van der Waals surface area contributed by atoms with Crippen molar-refractivity contribution in [3.05, 3.63) is 59.8 Å². The zero-order valence-electron chi connectivity index (χ0n) is 12.6. The van der Waals surface area contributed by atoms with Gasteiger partial charge in [0.15, 0.2) is 0 Å². The fraction of sp³-hybridized carbons (Fsp3) is 0.118. The van der Waals surface area contributed by atoms with Crippen molar-refractivity contribution in [2.24, 2.45) is 7.05 Å². The van der Waals surface area contributed by atoms with Crippen LogP contribution in [-0.4, -0.2) is 28.8 Å². The van der Waals surface area contributed by atoms with Crippen molar-refractivity contribution in [1.82, 2.24) is 9.78 Å². The molecule has 3 rings (SSSR count). The van der Waals surface area contributed by atoms with Crippen molar-refractivity contribution in [3.63, 3.8) is 0 Å². The molecule has 6 nitrogen and oxygen atoms in total. The van der Waals surface area contributed by atoms with Gasteiger partial charge in [-0.1, -0.05) is 36.4 Å². The highest BCUT2D eigenvalue weighted by atomic mass is 16.5. The highest BCUT2D eigenvalue weighted by molar-refractivity contribution is 6.05. The molecule has 0 spiro atoms. The van der Waals surface area contributed by atoms with Crippen LogP contribution < -0.4 is 4.74 Å². The van der Waals surface area contributed by atoms with Crippen LogP contribution in [-0.2, 0) is 11.8 Å². The minimum atomic E-state index is -0.549. The smallest absolute Gasteiger partial charge is 0.356 e. The average Bonchev–Trinajstić information content (AvgIpc) is 2.93. The lowest BCUT2D eigenvalue weighted by atomic mass is 10.1. The molecular weight excluding hydrogens is 296 g/mol. The monoisotopic (exact) mass is 310 g/mol. The van der Waals surface area contributed by atoms with Crippen molar-refractivity contribution in [2.45, 2.75) is 0 Å². The standard InChI is InChI=1S/C17H14N2O4/c1-19-14(17(21)22-2)10-15(18-19)23-16(20)13-9-5-7-11-6-3-4-8-12(11)13/h3-10H,1-2H3. The minimum absolute atomic E-state index is 0.0471. The Balaban J connectivity index is 1.91. The second kappa shape index (κ2) is 5.92. The second-order valence-corrected chi connectivity index (χ2v) is 4.90. The SMILES string of the molecule is COC(=O)c1cc(OC(=O)c2cccc3ccccc23)nn1C. The molecule has 0 aliphatic heterocycles. The number of esters is 2. The van der Waals surface area contributed by atoms with Gasteiger partial charge >= 0.3 is 11.9 Å². The first-order valence-corrected chi connectivity index (χ1v) is 6.92. The van der Waals surface area contributed by atoms with Gasteiger partial charge in [-0.2, -0.15) is 0 Å². The molecule has 0 aliphatic rings. The molecule has 0 atom stereocenters. The number of carbonyl (C=O) groups is 2. The molecule has 0 bridgehead atoms. The van der Waals surface area contributed by atoms with Crippen molar-refractivity contribution in [2.75, 3.05) is 7.11 Å². The number of hydrogen-bond acceptors (Lipinski definition) is 5. The number of ether oxygens (including phenoxy) is 2. The first kappa shape index (κ1) is 14.8. The highest BCUT2D eigenvalue weighted by Crippen LogP contribution is 2.21. The molecule has 1 aromatic heterocycles. The van der Waals surface area contributed by atoms with E-state index < -0.39 is 11.9 Å². The Labute approximate surface area is 132 Å². The molecule has 3 aromatic rings. The van der Waals surface area contributed by atoms with Gasteiger partial charge in [-0.25, -0.2) is 9.59 Å². The quantitative estimate of drug-likeness (QED) is 0.695. The van der Waals surface area contributed by atoms with E-state index in [-0.39, 0.29) is 11.6 Å². The first-order valence-electron chi connectivity index (χ1n) is 6.92. The van der Waals surface area contributed by atoms with E-state index in [1.807, 2.05) is 30.3 Å². The Morgan fingerprint density at radius 1 is 1.04 bits per heavy atom. The summed E-state index contributed by atoms with van der Waals surface area (Å²) < 4.78 is 11.2. The van der Waals surface area contributed by atoms with Gasteiger partial charge in [0.2, 0.25) is 5.88 Å². The van der Waals surface area contributed by atoms with E-state index in [0.29, 0.717) is 5.56 Å². The maximum absolute atomic E-state index is 12.4. The van der Waals surface area contributed by atoms with Gasteiger partial charge in [0, 0.05) is 13.1 Å². The Morgan fingerprint density at radius 2 is 1.78 bits per heavy atom. The van der Waals surface area contributed by atoms with Crippen molar-refractivity contribution in [3.8, 4) is 5.88 Å². The third-order valence-corrected chi connectivity index (χ3v) is 3.46. The van der Waals surface area contributed by atoms with Crippen molar-refractivity contribution < 1.29 is 19.1 Å². The fourth-order valence-corrected chi connectivity index (χ4v) is 2.34. The molecule has 1 heterocycles. The molecule has 0 fully saturated rings. The molecule has 116 valence electrons. The number of carbonyl (C=O) groups excluding carboxylic acids is 2. The topological polar surface area (TPSA) is 70.4 Å². The molecule has 2 aromatic carbocycles. The van der Waals surface area contributed by atoms with E-state index in [1.165, 1.54) is 17.9 Å². The van der Waals surface area contributed by atoms with Crippen LogP contribution in [0, 0.1) is 0 Å². The molecular formula is C17H14N2O4. The molecule has 0 saturated heterocycles. The maximum Gasteiger partial charge on any atom is 0.356 e. The molecule has 0 aliphatic carbocycles. The Hall–Kier alpha value is -3.15. The third-order valence-electron chi connectivity index (χ3n) is 3.46. The summed E-state index contributed by atoms with van der Waals surface area (Å²) in [7, 11) is 2.85. The summed E-state index contributed by atoms with van der Waals surface area (Å²) >= 11 is 0. The van der Waals surface area contributed by atoms with Gasteiger partial charge in [0.1, 0.15) is 5.69 Å². The fourth-order valence-electron chi connectivity index (χ4n) is 2.34. The molecule has 0 radical (unpaired) electrons. The molecule has 6 heteroatoms. The number of benzene rings is 2. The lowest BCUT2D eigenvalue weighted by Gasteiger charge is -2.05. The number of rotatable bonds is 3. The summed E-state index contributed by atoms with van der Waals surface area (Å²) in [5, 5.41) is 5.74. The summed E-state index contributed by atoms with van der Waals surface area (Å²) in [5.41, 5.74) is 0.640. The van der Waals surface area contributed by atoms with Gasteiger partial charge in [-0.15, -0.1) is 5.10 Å². The van der Waals surface area contributed by atoms with E-state index in [1.54, 1.807) is 19.2 Å². The van der Waals surface area contributed by atoms with Crippen LogP contribution in [0.2, 0.25) is 0 Å². The first-order chi connectivity index (χ1) is 11.1. The molecule has 0 saturated carbocycles. The van der Waals surface area contributed by atoms with Crippen LogP contribution in [0.5, 0.6) is 5.88 Å². The number of aryl methyl sites for hydroxylation is 1. The lowest BCUT2D eigenvalue weighted by Crippen LogP contribution is -2.09. The van der Waals surface area contributed by atoms with Crippen molar-refractivity contribution >= 4 is 22.7 Å². The lowest BCUT2D eigenvalue weighted by molar-refractivity contribution is 0.0587. The summed E-state index contributed by atoms with van der Waals surface area (Å²) in [6.07, 6.45) is 0. The predicted octanol–water partition coefficient (Wildman–Crippen LogP) is 2.58. The van der Waals surface area contributed by atoms with E-state index in [9.17, 15) is 9.59 Å². The largest absolute Gasteiger partial charge is 0.464 e. The number of aromatic nitrogens is 2. The summed E-state index contributed by atoms with van der Waals surface area (Å²) in [4.78, 5) is 24.0. The predicted molar refractivity (Wildman–Crippen MR) is 83.5 cm³/mol. The highest BCUT2D eigenvalue weighted by Gasteiger charge is 2.18. The van der Waals surface area contributed by atoms with Gasteiger partial charge in [-0.3, -0.25) is 4.68 Å². The zero-order chi connectivity index (χ0) is 16.4. The average molecular weight is 310 g/mol. The van der Waals surface area contributed by atoms with Gasteiger partial charge in [0.25, 0.3) is 0 Å². The molecule has 0 amide bonds. The zero-order valence-corrected chi connectivity index (χ0v) is 12.6. The van der Waals surface area contributed by atoms with Crippen LogP contribution in [0.25, 0.3) is 10.8 Å². The van der Waals surface area contributed by atoms with Crippen molar-refractivity contribution in [1.29, 1.82) is 0 Å².